The first kappa shape index (κ1) is 17.1. The van der Waals surface area contributed by atoms with Crippen molar-refractivity contribution >= 4 is 23.0 Å². The van der Waals surface area contributed by atoms with E-state index in [0.29, 0.717) is 24.9 Å². The molecule has 0 aromatic heterocycles. The van der Waals surface area contributed by atoms with E-state index in [1.165, 1.54) is 0 Å². The Kier molecular flexibility index (Phi) is 6.69. The Morgan fingerprint density at radius 3 is 2.26 bits per heavy atom. The van der Waals surface area contributed by atoms with E-state index in [1.807, 2.05) is 62.4 Å². The fourth-order valence-corrected chi connectivity index (χ4v) is 2.32. The molecule has 0 unspecified atom stereocenters. The summed E-state index contributed by atoms with van der Waals surface area (Å²) in [6, 6.07) is 15.7. The van der Waals surface area contributed by atoms with E-state index in [0.717, 1.165) is 22.7 Å². The predicted molar refractivity (Wildman–Crippen MR) is 98.3 cm³/mol. The Morgan fingerprint density at radius 2 is 1.52 bits per heavy atom. The molecule has 122 valence electrons. The van der Waals surface area contributed by atoms with Gasteiger partial charge >= 0.3 is 0 Å². The summed E-state index contributed by atoms with van der Waals surface area (Å²) in [5.74, 6) is 1.66. The van der Waals surface area contributed by atoms with Gasteiger partial charge in [-0.15, -0.1) is 0 Å². The van der Waals surface area contributed by atoms with Crippen molar-refractivity contribution in [2.75, 3.05) is 18.5 Å². The summed E-state index contributed by atoms with van der Waals surface area (Å²) < 4.78 is 11.2. The van der Waals surface area contributed by atoms with Crippen molar-refractivity contribution in [1.29, 1.82) is 0 Å². The molecule has 0 fully saturated rings. The fourth-order valence-electron chi connectivity index (χ4n) is 2.14. The van der Waals surface area contributed by atoms with Crippen molar-refractivity contribution in [2.24, 2.45) is 0 Å². The van der Waals surface area contributed by atoms with Crippen LogP contribution in [0.4, 0.5) is 5.69 Å². The number of rotatable bonds is 7. The van der Waals surface area contributed by atoms with E-state index >= 15 is 0 Å². The van der Waals surface area contributed by atoms with Gasteiger partial charge in [0.1, 0.15) is 11.5 Å². The van der Waals surface area contributed by atoms with Gasteiger partial charge in [0.05, 0.1) is 18.9 Å². The van der Waals surface area contributed by atoms with Gasteiger partial charge in [0.2, 0.25) is 0 Å². The normalized spacial score (nSPS) is 10.0. The van der Waals surface area contributed by atoms with Crippen LogP contribution in [0.2, 0.25) is 0 Å². The Bertz CT molecular complexity index is 646. The third-order valence-electron chi connectivity index (χ3n) is 3.15. The molecule has 2 N–H and O–H groups in total. The molecule has 23 heavy (non-hydrogen) atoms. The smallest absolute Gasteiger partial charge is 0.171 e. The molecule has 5 heteroatoms. The molecule has 0 heterocycles. The number of hydrogen-bond donors (Lipinski definition) is 2. The Morgan fingerprint density at radius 1 is 0.913 bits per heavy atom. The van der Waals surface area contributed by atoms with E-state index in [2.05, 4.69) is 10.6 Å². The fraction of sp³-hybridized carbons (Fsp3) is 0.278. The molecule has 2 rings (SSSR count). The molecule has 0 saturated carbocycles. The molecule has 0 spiro atoms. The molecule has 2 aromatic carbocycles. The highest BCUT2D eigenvalue weighted by atomic mass is 32.1. The highest BCUT2D eigenvalue weighted by Gasteiger charge is 2.06. The molecule has 0 saturated heterocycles. The van der Waals surface area contributed by atoms with Gasteiger partial charge in [-0.3, -0.25) is 0 Å². The quantitative estimate of drug-likeness (QED) is 0.752. The average molecular weight is 330 g/mol. The molecule has 0 aliphatic carbocycles. The van der Waals surface area contributed by atoms with Gasteiger partial charge in [0.15, 0.2) is 5.11 Å². The zero-order valence-corrected chi connectivity index (χ0v) is 14.3. The van der Waals surface area contributed by atoms with Crippen molar-refractivity contribution in [3.8, 4) is 11.5 Å². The lowest BCUT2D eigenvalue weighted by Crippen LogP contribution is -2.28. The summed E-state index contributed by atoms with van der Waals surface area (Å²) in [5.41, 5.74) is 1.92. The monoisotopic (exact) mass is 330 g/mol. The largest absolute Gasteiger partial charge is 0.494 e. The first-order chi connectivity index (χ1) is 11.2. The lowest BCUT2D eigenvalue weighted by molar-refractivity contribution is 0.336. The topological polar surface area (TPSA) is 42.5 Å². The van der Waals surface area contributed by atoms with E-state index in [-0.39, 0.29) is 0 Å². The number of hydrogen-bond acceptors (Lipinski definition) is 3. The number of anilines is 1. The maximum absolute atomic E-state index is 5.61. The average Bonchev–Trinajstić information content (AvgIpc) is 2.56. The summed E-state index contributed by atoms with van der Waals surface area (Å²) in [5, 5.41) is 6.92. The number of benzene rings is 2. The molecule has 0 atom stereocenters. The second-order valence-corrected chi connectivity index (χ2v) is 5.19. The summed E-state index contributed by atoms with van der Waals surface area (Å²) in [6.45, 7) is 5.78. The van der Waals surface area contributed by atoms with Crippen LogP contribution < -0.4 is 20.1 Å². The van der Waals surface area contributed by atoms with E-state index < -0.39 is 0 Å². The van der Waals surface area contributed by atoms with Gasteiger partial charge in [0, 0.05) is 12.1 Å². The zero-order chi connectivity index (χ0) is 16.5. The second kappa shape index (κ2) is 9.00. The summed E-state index contributed by atoms with van der Waals surface area (Å²) >= 11 is 5.37. The lowest BCUT2D eigenvalue weighted by atomic mass is 10.2. The minimum absolute atomic E-state index is 0.545. The van der Waals surface area contributed by atoms with E-state index in [9.17, 15) is 0 Å². The first-order valence-electron chi connectivity index (χ1n) is 7.72. The summed E-state index contributed by atoms with van der Waals surface area (Å²) in [4.78, 5) is 0. The SMILES string of the molecule is CCOc1ccccc1CNC(=S)Nc1ccccc1OCC. The second-order valence-electron chi connectivity index (χ2n) is 4.78. The van der Waals surface area contributed by atoms with Crippen molar-refractivity contribution in [1.82, 2.24) is 5.32 Å². The van der Waals surface area contributed by atoms with Crippen LogP contribution in [0.3, 0.4) is 0 Å². The highest BCUT2D eigenvalue weighted by molar-refractivity contribution is 7.80. The van der Waals surface area contributed by atoms with Crippen LogP contribution in [0.15, 0.2) is 48.5 Å². The van der Waals surface area contributed by atoms with E-state index in [1.54, 1.807) is 0 Å². The van der Waals surface area contributed by atoms with Crippen molar-refractivity contribution in [3.63, 3.8) is 0 Å². The third kappa shape index (κ3) is 5.14. The first-order valence-corrected chi connectivity index (χ1v) is 8.12. The molecule has 4 nitrogen and oxygen atoms in total. The molecule has 2 aromatic rings. The molecule has 0 aliphatic rings. The minimum Gasteiger partial charge on any atom is -0.494 e. The molecule has 0 aliphatic heterocycles. The van der Waals surface area contributed by atoms with Gasteiger partial charge in [-0.1, -0.05) is 30.3 Å². The highest BCUT2D eigenvalue weighted by Crippen LogP contribution is 2.23. The molecule has 0 radical (unpaired) electrons. The predicted octanol–water partition coefficient (Wildman–Crippen LogP) is 3.97. The van der Waals surface area contributed by atoms with Crippen molar-refractivity contribution in [2.45, 2.75) is 20.4 Å². The van der Waals surface area contributed by atoms with Crippen LogP contribution in [0.1, 0.15) is 19.4 Å². The van der Waals surface area contributed by atoms with Gasteiger partial charge in [-0.05, 0) is 44.3 Å². The minimum atomic E-state index is 0.545. The third-order valence-corrected chi connectivity index (χ3v) is 3.39. The van der Waals surface area contributed by atoms with Crippen LogP contribution in [-0.4, -0.2) is 18.3 Å². The van der Waals surface area contributed by atoms with Crippen LogP contribution >= 0.6 is 12.2 Å². The number of para-hydroxylation sites is 3. The molecule has 0 amide bonds. The molecular weight excluding hydrogens is 308 g/mol. The molecule has 0 bridgehead atoms. The zero-order valence-electron chi connectivity index (χ0n) is 13.5. The van der Waals surface area contributed by atoms with Crippen LogP contribution in [-0.2, 0) is 6.54 Å². The Balaban J connectivity index is 1.96. The number of nitrogens with one attached hydrogen (secondary N) is 2. The van der Waals surface area contributed by atoms with Gasteiger partial charge < -0.3 is 20.1 Å². The van der Waals surface area contributed by atoms with Crippen LogP contribution in [0.5, 0.6) is 11.5 Å². The van der Waals surface area contributed by atoms with Gasteiger partial charge in [-0.2, -0.15) is 0 Å². The number of thiocarbonyl (C=S) groups is 1. The van der Waals surface area contributed by atoms with Crippen molar-refractivity contribution in [3.05, 3.63) is 54.1 Å². The molecular formula is C18H22N2O2S. The standard InChI is InChI=1S/C18H22N2O2S/c1-3-21-16-11-7-5-9-14(16)13-19-18(23)20-15-10-6-8-12-17(15)22-4-2/h5-12H,3-4,13H2,1-2H3,(H2,19,20,23). The lowest BCUT2D eigenvalue weighted by Gasteiger charge is -2.15. The summed E-state index contributed by atoms with van der Waals surface area (Å²) in [6.07, 6.45) is 0. The Labute approximate surface area is 142 Å². The number of ether oxygens (including phenoxy) is 2. The van der Waals surface area contributed by atoms with Crippen molar-refractivity contribution < 1.29 is 9.47 Å². The maximum atomic E-state index is 5.61. The van der Waals surface area contributed by atoms with Crippen LogP contribution in [0.25, 0.3) is 0 Å². The van der Waals surface area contributed by atoms with Crippen LogP contribution in [0, 0.1) is 0 Å². The van der Waals surface area contributed by atoms with E-state index in [4.69, 9.17) is 21.7 Å². The maximum Gasteiger partial charge on any atom is 0.171 e. The van der Waals surface area contributed by atoms with Gasteiger partial charge in [0.25, 0.3) is 0 Å². The summed E-state index contributed by atoms with van der Waals surface area (Å²) in [7, 11) is 0. The Hall–Kier alpha value is -2.27. The van der Waals surface area contributed by atoms with Gasteiger partial charge in [-0.25, -0.2) is 0 Å².